The fourth-order valence-corrected chi connectivity index (χ4v) is 4.08. The number of fused-ring (bicyclic) bond motifs is 1. The highest BCUT2D eigenvalue weighted by Gasteiger charge is 2.59. The Bertz CT molecular complexity index is 716. The van der Waals surface area contributed by atoms with Gasteiger partial charge >= 0.3 is 5.97 Å². The van der Waals surface area contributed by atoms with Gasteiger partial charge in [-0.1, -0.05) is 19.9 Å². The maximum Gasteiger partial charge on any atom is 0.313 e. The van der Waals surface area contributed by atoms with Gasteiger partial charge in [-0.15, -0.1) is 0 Å². The Morgan fingerprint density at radius 3 is 2.76 bits per heavy atom. The number of carbonyl (C=O) groups is 2. The van der Waals surface area contributed by atoms with Crippen LogP contribution in [-0.2, 0) is 16.1 Å². The number of methoxy groups -OCH3 is 1. The Morgan fingerprint density at radius 2 is 2.20 bits per heavy atom. The Labute approximate surface area is 148 Å². The van der Waals surface area contributed by atoms with E-state index in [1.54, 1.807) is 7.11 Å². The van der Waals surface area contributed by atoms with Gasteiger partial charge in [0.25, 0.3) is 0 Å². The molecule has 1 aromatic rings. The van der Waals surface area contributed by atoms with E-state index in [2.05, 4.69) is 30.1 Å². The van der Waals surface area contributed by atoms with Crippen LogP contribution in [0.4, 0.5) is 0 Å². The predicted octanol–water partition coefficient (Wildman–Crippen LogP) is 1.76. The minimum absolute atomic E-state index is 0.140. The molecule has 0 spiro atoms. The predicted molar refractivity (Wildman–Crippen MR) is 93.7 cm³/mol. The van der Waals surface area contributed by atoms with Gasteiger partial charge in [0.1, 0.15) is 11.2 Å². The average molecular weight is 346 g/mol. The number of carboxylic acids is 1. The van der Waals surface area contributed by atoms with Gasteiger partial charge in [-0.3, -0.25) is 14.5 Å². The van der Waals surface area contributed by atoms with Gasteiger partial charge in [0, 0.05) is 26.2 Å². The maximum atomic E-state index is 12.0. The van der Waals surface area contributed by atoms with Crippen molar-refractivity contribution in [2.75, 3.05) is 26.7 Å². The lowest BCUT2D eigenvalue weighted by molar-refractivity contribution is -0.149. The van der Waals surface area contributed by atoms with Crippen molar-refractivity contribution in [3.05, 3.63) is 28.8 Å². The molecule has 0 saturated carbocycles. The van der Waals surface area contributed by atoms with E-state index < -0.39 is 17.3 Å². The summed E-state index contributed by atoms with van der Waals surface area (Å²) in [5.74, 6) is -0.264. The number of carboxylic acid groups (broad SMARTS) is 1. The summed E-state index contributed by atoms with van der Waals surface area (Å²) >= 11 is 0. The summed E-state index contributed by atoms with van der Waals surface area (Å²) in [5.41, 5.74) is 2.43. The molecule has 2 aliphatic rings. The summed E-state index contributed by atoms with van der Waals surface area (Å²) in [5, 5.41) is 12.4. The van der Waals surface area contributed by atoms with Crippen molar-refractivity contribution < 1.29 is 19.4 Å². The number of rotatable bonds is 5. The monoisotopic (exact) mass is 346 g/mol. The van der Waals surface area contributed by atoms with Crippen LogP contribution in [0.1, 0.15) is 36.5 Å². The first kappa shape index (κ1) is 17.7. The molecule has 2 aliphatic heterocycles. The number of amides is 1. The lowest BCUT2D eigenvalue weighted by atomic mass is 9.81. The molecule has 0 unspecified atom stereocenters. The standard InChI is InChI=1S/C19H26N2O4/c1-11(2)14-6-13(12(3)5-16(14)25-4)7-21-8-15-17(22)20-9-19(15,10-21)18(23)24/h5-6,11,15H,7-10H2,1-4H3,(H,20,22)(H,23,24)/t15-,19+/m0/s1. The van der Waals surface area contributed by atoms with Gasteiger partial charge in [0.15, 0.2) is 0 Å². The van der Waals surface area contributed by atoms with E-state index in [0.29, 0.717) is 25.6 Å². The molecule has 1 aromatic carbocycles. The largest absolute Gasteiger partial charge is 0.496 e. The van der Waals surface area contributed by atoms with Crippen LogP contribution in [0.5, 0.6) is 5.75 Å². The topological polar surface area (TPSA) is 78.9 Å². The van der Waals surface area contributed by atoms with Gasteiger partial charge in [-0.05, 0) is 35.6 Å². The first-order chi connectivity index (χ1) is 11.8. The molecule has 25 heavy (non-hydrogen) atoms. The van der Waals surface area contributed by atoms with Crippen molar-refractivity contribution in [3.63, 3.8) is 0 Å². The molecule has 2 atom stereocenters. The van der Waals surface area contributed by atoms with Crippen LogP contribution >= 0.6 is 0 Å². The van der Waals surface area contributed by atoms with Crippen LogP contribution in [0.15, 0.2) is 12.1 Å². The number of aryl methyl sites for hydroxylation is 1. The minimum Gasteiger partial charge on any atom is -0.496 e. The van der Waals surface area contributed by atoms with Crippen LogP contribution in [-0.4, -0.2) is 48.6 Å². The van der Waals surface area contributed by atoms with E-state index >= 15 is 0 Å². The van der Waals surface area contributed by atoms with Crippen molar-refractivity contribution in [1.29, 1.82) is 0 Å². The van der Waals surface area contributed by atoms with Gasteiger partial charge in [0.05, 0.1) is 13.0 Å². The fraction of sp³-hybridized carbons (Fsp3) is 0.579. The van der Waals surface area contributed by atoms with Gasteiger partial charge in [-0.25, -0.2) is 0 Å². The summed E-state index contributed by atoms with van der Waals surface area (Å²) in [6.07, 6.45) is 0. The number of benzene rings is 1. The van der Waals surface area contributed by atoms with Gasteiger partial charge in [-0.2, -0.15) is 0 Å². The number of aliphatic carboxylic acids is 1. The normalized spacial score (nSPS) is 26.0. The molecule has 1 amide bonds. The number of nitrogens with zero attached hydrogens (tertiary/aromatic N) is 1. The van der Waals surface area contributed by atoms with Crippen LogP contribution in [0.25, 0.3) is 0 Å². The smallest absolute Gasteiger partial charge is 0.313 e. The van der Waals surface area contributed by atoms with E-state index in [0.717, 1.165) is 22.4 Å². The van der Waals surface area contributed by atoms with Crippen molar-refractivity contribution in [2.45, 2.75) is 33.2 Å². The summed E-state index contributed by atoms with van der Waals surface area (Å²) in [4.78, 5) is 25.9. The highest BCUT2D eigenvalue weighted by atomic mass is 16.5. The summed E-state index contributed by atoms with van der Waals surface area (Å²) in [6, 6.07) is 4.20. The Morgan fingerprint density at radius 1 is 1.48 bits per heavy atom. The zero-order valence-electron chi connectivity index (χ0n) is 15.3. The number of hydrogen-bond acceptors (Lipinski definition) is 4. The molecular weight excluding hydrogens is 320 g/mol. The van der Waals surface area contributed by atoms with Crippen LogP contribution in [0, 0.1) is 18.3 Å². The summed E-state index contributed by atoms with van der Waals surface area (Å²) in [7, 11) is 1.68. The highest BCUT2D eigenvalue weighted by molar-refractivity contribution is 5.92. The molecule has 0 aromatic heterocycles. The molecule has 0 aliphatic carbocycles. The lowest BCUT2D eigenvalue weighted by Gasteiger charge is -2.23. The molecule has 0 radical (unpaired) electrons. The molecule has 6 nitrogen and oxygen atoms in total. The third-order valence-corrected chi connectivity index (χ3v) is 5.64. The first-order valence-electron chi connectivity index (χ1n) is 8.69. The van der Waals surface area contributed by atoms with E-state index in [9.17, 15) is 14.7 Å². The van der Waals surface area contributed by atoms with Gasteiger partial charge in [0.2, 0.25) is 5.91 Å². The summed E-state index contributed by atoms with van der Waals surface area (Å²) < 4.78 is 5.49. The Hall–Kier alpha value is -2.08. The van der Waals surface area contributed by atoms with Gasteiger partial charge < -0.3 is 15.2 Å². The van der Waals surface area contributed by atoms with Crippen molar-refractivity contribution in [1.82, 2.24) is 10.2 Å². The summed E-state index contributed by atoms with van der Waals surface area (Å²) in [6.45, 7) is 8.05. The van der Waals surface area contributed by atoms with E-state index in [-0.39, 0.29) is 12.5 Å². The zero-order valence-corrected chi connectivity index (χ0v) is 15.3. The van der Waals surface area contributed by atoms with E-state index in [1.165, 1.54) is 0 Å². The van der Waals surface area contributed by atoms with Crippen LogP contribution in [0.3, 0.4) is 0 Å². The van der Waals surface area contributed by atoms with Crippen LogP contribution < -0.4 is 10.1 Å². The molecule has 2 fully saturated rings. The molecule has 2 heterocycles. The number of nitrogens with one attached hydrogen (secondary N) is 1. The molecular formula is C19H26N2O4. The van der Waals surface area contributed by atoms with E-state index in [4.69, 9.17) is 4.74 Å². The van der Waals surface area contributed by atoms with Crippen molar-refractivity contribution in [3.8, 4) is 5.75 Å². The van der Waals surface area contributed by atoms with E-state index in [1.807, 2.05) is 13.0 Å². The molecule has 6 heteroatoms. The number of likely N-dealkylation sites (tertiary alicyclic amines) is 1. The highest BCUT2D eigenvalue weighted by Crippen LogP contribution is 2.41. The third kappa shape index (κ3) is 2.88. The average Bonchev–Trinajstić information content (AvgIpc) is 3.07. The maximum absolute atomic E-state index is 12.0. The molecule has 3 rings (SSSR count). The first-order valence-corrected chi connectivity index (χ1v) is 8.69. The third-order valence-electron chi connectivity index (χ3n) is 5.64. The number of hydrogen-bond donors (Lipinski definition) is 2. The van der Waals surface area contributed by atoms with Crippen LogP contribution in [0.2, 0.25) is 0 Å². The zero-order chi connectivity index (χ0) is 18.4. The van der Waals surface area contributed by atoms with Crippen molar-refractivity contribution >= 4 is 11.9 Å². The molecule has 2 N–H and O–H groups in total. The quantitative estimate of drug-likeness (QED) is 0.849. The second kappa shape index (κ2) is 6.33. The Kier molecular flexibility index (Phi) is 4.49. The molecule has 2 saturated heterocycles. The SMILES string of the molecule is COc1cc(C)c(CN2C[C@H]3C(=O)NC[C@@]3(C(=O)O)C2)cc1C(C)C. The number of ether oxygens (including phenoxy) is 1. The molecule has 0 bridgehead atoms. The second-order valence-electron chi connectivity index (χ2n) is 7.58. The fourth-order valence-electron chi connectivity index (χ4n) is 4.08. The van der Waals surface area contributed by atoms with Crippen molar-refractivity contribution in [2.24, 2.45) is 11.3 Å². The Balaban J connectivity index is 1.86. The minimum atomic E-state index is -0.988. The number of carbonyl (C=O) groups excluding carboxylic acids is 1. The molecule has 136 valence electrons. The second-order valence-corrected chi connectivity index (χ2v) is 7.58. The lowest BCUT2D eigenvalue weighted by Crippen LogP contribution is -2.40.